The highest BCUT2D eigenvalue weighted by molar-refractivity contribution is 9.11. The summed E-state index contributed by atoms with van der Waals surface area (Å²) in [5.41, 5.74) is 10.2. The number of hydrogen-bond donors (Lipinski definition) is 0. The Morgan fingerprint density at radius 1 is 0.367 bits per heavy atom. The minimum absolute atomic E-state index is 1.12. The topological polar surface area (TPSA) is 0 Å². The first-order chi connectivity index (χ1) is 14.7. The van der Waals surface area contributed by atoms with Crippen molar-refractivity contribution in [1.29, 1.82) is 0 Å². The number of rotatable bonds is 2. The summed E-state index contributed by atoms with van der Waals surface area (Å²) in [4.78, 5) is 0. The van der Waals surface area contributed by atoms with E-state index < -0.39 is 0 Å². The predicted molar refractivity (Wildman–Crippen MR) is 135 cm³/mol. The van der Waals surface area contributed by atoms with Crippen molar-refractivity contribution < 1.29 is 0 Å². The number of fused-ring (bicyclic) bond motifs is 3. The molecule has 0 fully saturated rings. The molecule has 142 valence electrons. The fourth-order valence-electron chi connectivity index (χ4n) is 4.62. The van der Waals surface area contributed by atoms with Crippen LogP contribution in [0.15, 0.2) is 106 Å². The molecule has 0 atom stereocenters. The average Bonchev–Trinajstić information content (AvgIpc) is 3.11. The molecule has 2 heteroatoms. The van der Waals surface area contributed by atoms with Gasteiger partial charge in [-0.15, -0.1) is 0 Å². The monoisotopic (exact) mass is 510 g/mol. The second-order valence-corrected chi connectivity index (χ2v) is 9.32. The van der Waals surface area contributed by atoms with E-state index in [9.17, 15) is 0 Å². The third-order valence-electron chi connectivity index (χ3n) is 5.97. The highest BCUT2D eigenvalue weighted by Gasteiger charge is 2.25. The Labute approximate surface area is 192 Å². The smallest absolute Gasteiger partial charge is 0.0265 e. The molecule has 0 heterocycles. The summed E-state index contributed by atoms with van der Waals surface area (Å²) >= 11 is 7.52. The summed E-state index contributed by atoms with van der Waals surface area (Å²) in [5, 5.41) is 2.56. The fraction of sp³-hybridized carbons (Fsp3) is 0. The Balaban J connectivity index is 1.73. The first kappa shape index (κ1) is 18.1. The van der Waals surface area contributed by atoms with Crippen LogP contribution in [0.1, 0.15) is 0 Å². The molecule has 0 unspecified atom stereocenters. The van der Waals surface area contributed by atoms with Crippen molar-refractivity contribution in [1.82, 2.24) is 0 Å². The van der Waals surface area contributed by atoms with Gasteiger partial charge in [0.25, 0.3) is 0 Å². The van der Waals surface area contributed by atoms with Gasteiger partial charge in [-0.3, -0.25) is 0 Å². The van der Waals surface area contributed by atoms with E-state index in [1.165, 1.54) is 55.3 Å². The molecule has 0 radical (unpaired) electrons. The predicted octanol–water partition coefficient (Wildman–Crippen LogP) is 9.35. The van der Waals surface area contributed by atoms with Crippen molar-refractivity contribution in [3.05, 3.63) is 106 Å². The molecule has 0 N–H and O–H groups in total. The van der Waals surface area contributed by atoms with Gasteiger partial charge in [0.05, 0.1) is 0 Å². The van der Waals surface area contributed by atoms with Crippen molar-refractivity contribution in [2.45, 2.75) is 0 Å². The van der Waals surface area contributed by atoms with E-state index in [1.807, 2.05) is 0 Å². The molecule has 1 aliphatic carbocycles. The Morgan fingerprint density at radius 3 is 1.23 bits per heavy atom. The van der Waals surface area contributed by atoms with Crippen molar-refractivity contribution in [3.63, 3.8) is 0 Å². The zero-order valence-electron chi connectivity index (χ0n) is 16.0. The van der Waals surface area contributed by atoms with E-state index in [0.29, 0.717) is 0 Å². The second-order valence-electron chi connectivity index (χ2n) is 7.62. The molecule has 0 aliphatic heterocycles. The largest absolute Gasteiger partial charge is 0.0622 e. The van der Waals surface area contributed by atoms with Crippen LogP contribution in [-0.2, 0) is 0 Å². The Morgan fingerprint density at radius 2 is 0.800 bits per heavy atom. The quantitative estimate of drug-likeness (QED) is 0.217. The van der Waals surface area contributed by atoms with Gasteiger partial charge in [-0.25, -0.2) is 0 Å². The molecule has 1 aliphatic rings. The molecule has 0 saturated heterocycles. The van der Waals surface area contributed by atoms with E-state index in [1.54, 1.807) is 0 Å². The maximum atomic E-state index is 3.76. The molecule has 5 aromatic carbocycles. The molecular weight excluding hydrogens is 496 g/mol. The SMILES string of the molecule is Brc1ccc2c3c(ccc(Br)c13)-c1cc(-c3ccccc3)c(-c3ccccc3)cc1-2. The number of benzene rings is 5. The molecule has 0 nitrogen and oxygen atoms in total. The van der Waals surface area contributed by atoms with Gasteiger partial charge >= 0.3 is 0 Å². The summed E-state index contributed by atoms with van der Waals surface area (Å²) in [7, 11) is 0. The summed E-state index contributed by atoms with van der Waals surface area (Å²) in [5.74, 6) is 0. The molecule has 0 aromatic heterocycles. The molecule has 0 bridgehead atoms. The fourth-order valence-corrected chi connectivity index (χ4v) is 5.98. The average molecular weight is 512 g/mol. The van der Waals surface area contributed by atoms with Crippen LogP contribution in [0.3, 0.4) is 0 Å². The van der Waals surface area contributed by atoms with E-state index in [0.717, 1.165) is 8.95 Å². The second kappa shape index (κ2) is 6.94. The first-order valence-corrected chi connectivity index (χ1v) is 11.5. The van der Waals surface area contributed by atoms with E-state index in [-0.39, 0.29) is 0 Å². The maximum absolute atomic E-state index is 3.76. The van der Waals surface area contributed by atoms with Crippen LogP contribution in [-0.4, -0.2) is 0 Å². The Hall–Kier alpha value is -2.68. The number of hydrogen-bond acceptors (Lipinski definition) is 0. The lowest BCUT2D eigenvalue weighted by Crippen LogP contribution is -1.88. The lowest BCUT2D eigenvalue weighted by molar-refractivity contribution is 1.58. The van der Waals surface area contributed by atoms with Crippen LogP contribution < -0.4 is 0 Å². The molecule has 30 heavy (non-hydrogen) atoms. The van der Waals surface area contributed by atoms with Gasteiger partial charge in [-0.05, 0) is 74.2 Å². The summed E-state index contributed by atoms with van der Waals surface area (Å²) < 4.78 is 2.24. The number of halogens is 2. The lowest BCUT2D eigenvalue weighted by atomic mass is 9.89. The van der Waals surface area contributed by atoms with E-state index in [4.69, 9.17) is 0 Å². The molecular formula is C28H16Br2. The molecule has 0 spiro atoms. The third-order valence-corrected chi connectivity index (χ3v) is 7.29. The lowest BCUT2D eigenvalue weighted by Gasteiger charge is -2.14. The summed E-state index contributed by atoms with van der Waals surface area (Å²) in [6.07, 6.45) is 0. The zero-order chi connectivity index (χ0) is 20.2. The highest BCUT2D eigenvalue weighted by Crippen LogP contribution is 2.53. The van der Waals surface area contributed by atoms with Gasteiger partial charge in [-0.1, -0.05) is 105 Å². The van der Waals surface area contributed by atoms with E-state index >= 15 is 0 Å². The molecule has 6 rings (SSSR count). The highest BCUT2D eigenvalue weighted by atomic mass is 79.9. The Bertz CT molecular complexity index is 1330. The zero-order valence-corrected chi connectivity index (χ0v) is 19.2. The van der Waals surface area contributed by atoms with Crippen LogP contribution in [0.2, 0.25) is 0 Å². The van der Waals surface area contributed by atoms with Gasteiger partial charge in [0.1, 0.15) is 0 Å². The van der Waals surface area contributed by atoms with Crippen molar-refractivity contribution in [3.8, 4) is 44.5 Å². The minimum Gasteiger partial charge on any atom is -0.0622 e. The summed E-state index contributed by atoms with van der Waals surface area (Å²) in [6.45, 7) is 0. The van der Waals surface area contributed by atoms with Crippen molar-refractivity contribution in [2.24, 2.45) is 0 Å². The van der Waals surface area contributed by atoms with Crippen LogP contribution in [0.5, 0.6) is 0 Å². The van der Waals surface area contributed by atoms with Gasteiger partial charge in [0.15, 0.2) is 0 Å². The van der Waals surface area contributed by atoms with Crippen molar-refractivity contribution >= 4 is 42.6 Å². The molecule has 0 amide bonds. The van der Waals surface area contributed by atoms with Crippen LogP contribution in [0.25, 0.3) is 55.3 Å². The van der Waals surface area contributed by atoms with E-state index in [2.05, 4.69) is 129 Å². The molecule has 0 saturated carbocycles. The third kappa shape index (κ3) is 2.64. The van der Waals surface area contributed by atoms with Crippen LogP contribution >= 0.6 is 31.9 Å². The van der Waals surface area contributed by atoms with Gasteiger partial charge in [0.2, 0.25) is 0 Å². The van der Waals surface area contributed by atoms with Crippen LogP contribution in [0.4, 0.5) is 0 Å². The maximum Gasteiger partial charge on any atom is 0.0265 e. The van der Waals surface area contributed by atoms with Gasteiger partial charge in [0, 0.05) is 14.3 Å². The Kier molecular flexibility index (Phi) is 4.19. The molecule has 5 aromatic rings. The minimum atomic E-state index is 1.12. The van der Waals surface area contributed by atoms with Gasteiger partial charge in [-0.2, -0.15) is 0 Å². The van der Waals surface area contributed by atoms with Crippen molar-refractivity contribution in [2.75, 3.05) is 0 Å². The van der Waals surface area contributed by atoms with Crippen LogP contribution in [0, 0.1) is 0 Å². The standard InChI is InChI=1S/C28H16Br2/c29-25-13-11-19-23-15-21(17-7-3-1-4-8-17)22(18-9-5-2-6-10-18)16-24(23)20-12-14-26(30)28(25)27(19)20/h1-16H. The summed E-state index contributed by atoms with van der Waals surface area (Å²) in [6, 6.07) is 35.0. The van der Waals surface area contributed by atoms with Gasteiger partial charge < -0.3 is 0 Å². The first-order valence-electron chi connectivity index (χ1n) is 9.93. The normalized spacial score (nSPS) is 11.7.